The zero-order valence-electron chi connectivity index (χ0n) is 13.7. The number of ether oxygens (including phenoxy) is 1. The Hall–Kier alpha value is -2.40. The van der Waals surface area contributed by atoms with Crippen LogP contribution in [0, 0.1) is 12.8 Å². The molecule has 1 amide bonds. The topological polar surface area (TPSA) is 71.2 Å². The van der Waals surface area contributed by atoms with Gasteiger partial charge in [-0.25, -0.2) is 0 Å². The monoisotopic (exact) mass is 326 g/mol. The summed E-state index contributed by atoms with van der Waals surface area (Å²) < 4.78 is 5.93. The molecule has 1 fully saturated rings. The number of hydrogen-bond acceptors (Lipinski definition) is 3. The molecule has 1 saturated heterocycles. The number of hydrogen-bond donors (Lipinski definition) is 2. The van der Waals surface area contributed by atoms with Crippen LogP contribution in [0.25, 0.3) is 0 Å². The molecule has 0 unspecified atom stereocenters. The predicted octanol–water partition coefficient (Wildman–Crippen LogP) is 2.58. The molecule has 1 aromatic carbocycles. The average molecular weight is 326 g/mol. The van der Waals surface area contributed by atoms with Crippen molar-refractivity contribution in [3.8, 4) is 0 Å². The Morgan fingerprint density at radius 1 is 1.25 bits per heavy atom. The van der Waals surface area contributed by atoms with Crippen LogP contribution in [-0.4, -0.2) is 24.0 Å². The van der Waals surface area contributed by atoms with Gasteiger partial charge in [0.05, 0.1) is 6.10 Å². The molecule has 1 aliphatic rings. The van der Waals surface area contributed by atoms with Crippen molar-refractivity contribution >= 4 is 5.91 Å². The first-order valence-electron chi connectivity index (χ1n) is 8.30. The minimum atomic E-state index is -0.355. The van der Waals surface area contributed by atoms with Gasteiger partial charge in [0, 0.05) is 24.8 Å². The van der Waals surface area contributed by atoms with Crippen molar-refractivity contribution in [1.29, 1.82) is 0 Å². The number of amides is 1. The molecular weight excluding hydrogens is 304 g/mol. The Kier molecular flexibility index (Phi) is 5.11. The fraction of sp³-hybridized carbons (Fsp3) is 0.368. The van der Waals surface area contributed by atoms with Gasteiger partial charge in [-0.05, 0) is 37.5 Å². The third-order valence-electron chi connectivity index (χ3n) is 4.40. The van der Waals surface area contributed by atoms with Crippen LogP contribution in [-0.2, 0) is 4.74 Å². The highest BCUT2D eigenvalue weighted by Crippen LogP contribution is 2.33. The smallest absolute Gasteiger partial charge is 0.260 e. The average Bonchev–Trinajstić information content (AvgIpc) is 2.61. The second kappa shape index (κ2) is 7.45. The predicted molar refractivity (Wildman–Crippen MR) is 92.0 cm³/mol. The highest BCUT2D eigenvalue weighted by atomic mass is 16.5. The molecule has 2 atom stereocenters. The summed E-state index contributed by atoms with van der Waals surface area (Å²) in [4.78, 5) is 26.8. The fourth-order valence-corrected chi connectivity index (χ4v) is 3.13. The lowest BCUT2D eigenvalue weighted by Crippen LogP contribution is -2.37. The van der Waals surface area contributed by atoms with Crippen molar-refractivity contribution in [1.82, 2.24) is 10.3 Å². The molecule has 1 aliphatic heterocycles. The molecular formula is C19H22N2O3. The Balaban J connectivity index is 1.68. The van der Waals surface area contributed by atoms with Crippen LogP contribution in [0.15, 0.2) is 47.3 Å². The molecule has 2 heterocycles. The molecule has 0 aliphatic carbocycles. The van der Waals surface area contributed by atoms with E-state index in [0.717, 1.165) is 30.7 Å². The van der Waals surface area contributed by atoms with Crippen molar-refractivity contribution in [2.24, 2.45) is 5.92 Å². The second-order valence-corrected chi connectivity index (χ2v) is 6.20. The van der Waals surface area contributed by atoms with Crippen LogP contribution in [0.2, 0.25) is 0 Å². The molecule has 2 aromatic rings. The molecule has 5 nitrogen and oxygen atoms in total. The molecule has 0 spiro atoms. The maximum absolute atomic E-state index is 12.3. The van der Waals surface area contributed by atoms with Gasteiger partial charge in [-0.2, -0.15) is 0 Å². The van der Waals surface area contributed by atoms with Crippen LogP contribution in [0.4, 0.5) is 0 Å². The van der Waals surface area contributed by atoms with Crippen molar-refractivity contribution in [2.45, 2.75) is 25.9 Å². The van der Waals surface area contributed by atoms with Gasteiger partial charge in [0.1, 0.15) is 5.56 Å². The zero-order chi connectivity index (χ0) is 16.9. The Morgan fingerprint density at radius 2 is 2.04 bits per heavy atom. The molecule has 0 saturated carbocycles. The zero-order valence-corrected chi connectivity index (χ0v) is 13.7. The van der Waals surface area contributed by atoms with Crippen LogP contribution in [0.1, 0.15) is 40.6 Å². The highest BCUT2D eigenvalue weighted by Gasteiger charge is 2.28. The summed E-state index contributed by atoms with van der Waals surface area (Å²) in [5.74, 6) is -0.136. The first-order chi connectivity index (χ1) is 11.6. The Morgan fingerprint density at radius 3 is 2.79 bits per heavy atom. The highest BCUT2D eigenvalue weighted by molar-refractivity contribution is 5.93. The van der Waals surface area contributed by atoms with Gasteiger partial charge in [0.15, 0.2) is 0 Å². The molecule has 2 N–H and O–H groups in total. The summed E-state index contributed by atoms with van der Waals surface area (Å²) in [7, 11) is 0. The summed E-state index contributed by atoms with van der Waals surface area (Å²) in [5.41, 5.74) is 1.66. The first kappa shape index (κ1) is 16.5. The van der Waals surface area contributed by atoms with E-state index in [0.29, 0.717) is 6.54 Å². The molecule has 0 radical (unpaired) electrons. The lowest BCUT2D eigenvalue weighted by molar-refractivity contribution is -0.0272. The van der Waals surface area contributed by atoms with E-state index in [2.05, 4.69) is 22.4 Å². The van der Waals surface area contributed by atoms with Gasteiger partial charge in [-0.1, -0.05) is 30.3 Å². The summed E-state index contributed by atoms with van der Waals surface area (Å²) in [5, 5.41) is 2.89. The number of pyridine rings is 1. The molecule has 126 valence electrons. The fourth-order valence-electron chi connectivity index (χ4n) is 3.13. The van der Waals surface area contributed by atoms with Gasteiger partial charge in [0.25, 0.3) is 11.5 Å². The molecule has 24 heavy (non-hydrogen) atoms. The molecule has 3 rings (SSSR count). The van der Waals surface area contributed by atoms with E-state index >= 15 is 0 Å². The van der Waals surface area contributed by atoms with Crippen LogP contribution in [0.3, 0.4) is 0 Å². The molecule has 5 heteroatoms. The SMILES string of the molecule is Cc1ccc(C(=O)NC[C@@H]2CCCO[C@H]2c2ccccc2)c(=O)[nH]1. The van der Waals surface area contributed by atoms with Crippen molar-refractivity contribution < 1.29 is 9.53 Å². The van der Waals surface area contributed by atoms with Crippen LogP contribution < -0.4 is 10.9 Å². The third kappa shape index (κ3) is 3.74. The Labute approximate surface area is 141 Å². The molecule has 0 bridgehead atoms. The normalized spacial score (nSPS) is 20.5. The number of aromatic nitrogens is 1. The van der Waals surface area contributed by atoms with E-state index in [4.69, 9.17) is 4.74 Å². The maximum Gasteiger partial charge on any atom is 0.260 e. The number of carbonyl (C=O) groups excluding carboxylic acids is 1. The van der Waals surface area contributed by atoms with E-state index in [-0.39, 0.29) is 29.1 Å². The lowest BCUT2D eigenvalue weighted by Gasteiger charge is -2.32. The van der Waals surface area contributed by atoms with Crippen molar-refractivity contribution in [2.75, 3.05) is 13.2 Å². The largest absolute Gasteiger partial charge is 0.373 e. The first-order valence-corrected chi connectivity index (χ1v) is 8.30. The summed E-state index contributed by atoms with van der Waals surface area (Å²) in [6.45, 7) is 3.01. The van der Waals surface area contributed by atoms with E-state index in [1.165, 1.54) is 0 Å². The minimum Gasteiger partial charge on any atom is -0.373 e. The van der Waals surface area contributed by atoms with Crippen LogP contribution >= 0.6 is 0 Å². The summed E-state index contributed by atoms with van der Waals surface area (Å²) in [6.07, 6.45) is 1.95. The Bertz CT molecular complexity index is 755. The van der Waals surface area contributed by atoms with E-state index in [1.807, 2.05) is 18.2 Å². The second-order valence-electron chi connectivity index (χ2n) is 6.20. The summed E-state index contributed by atoms with van der Waals surface area (Å²) in [6, 6.07) is 13.4. The number of benzene rings is 1. The number of aromatic amines is 1. The quantitative estimate of drug-likeness (QED) is 0.907. The van der Waals surface area contributed by atoms with Gasteiger partial charge < -0.3 is 15.0 Å². The minimum absolute atomic E-state index is 0.0171. The number of nitrogens with one attached hydrogen (secondary N) is 2. The maximum atomic E-state index is 12.3. The van der Waals surface area contributed by atoms with Crippen molar-refractivity contribution in [3.63, 3.8) is 0 Å². The van der Waals surface area contributed by atoms with Crippen molar-refractivity contribution in [3.05, 3.63) is 69.6 Å². The number of carbonyl (C=O) groups is 1. The van der Waals surface area contributed by atoms with E-state index in [9.17, 15) is 9.59 Å². The van der Waals surface area contributed by atoms with E-state index < -0.39 is 0 Å². The molecule has 1 aromatic heterocycles. The van der Waals surface area contributed by atoms with Gasteiger partial charge in [-0.3, -0.25) is 9.59 Å². The van der Waals surface area contributed by atoms with Gasteiger partial charge in [-0.15, -0.1) is 0 Å². The summed E-state index contributed by atoms with van der Waals surface area (Å²) >= 11 is 0. The number of H-pyrrole nitrogens is 1. The van der Waals surface area contributed by atoms with Crippen LogP contribution in [0.5, 0.6) is 0 Å². The van der Waals surface area contributed by atoms with E-state index in [1.54, 1.807) is 19.1 Å². The van der Waals surface area contributed by atoms with Gasteiger partial charge in [0.2, 0.25) is 0 Å². The van der Waals surface area contributed by atoms with Gasteiger partial charge >= 0.3 is 0 Å². The number of aryl methyl sites for hydroxylation is 1. The standard InChI is InChI=1S/C19H22N2O3/c1-13-9-10-16(19(23)21-13)18(22)20-12-15-8-5-11-24-17(15)14-6-3-2-4-7-14/h2-4,6-7,9-10,15,17H,5,8,11-12H2,1H3,(H,20,22)(H,21,23)/t15-,17-/m0/s1. The third-order valence-corrected chi connectivity index (χ3v) is 4.40. The lowest BCUT2D eigenvalue weighted by atomic mass is 9.89. The number of rotatable bonds is 4.